The predicted octanol–water partition coefficient (Wildman–Crippen LogP) is 3.35. The van der Waals surface area contributed by atoms with Crippen molar-refractivity contribution < 1.29 is 18.7 Å². The van der Waals surface area contributed by atoms with E-state index >= 15 is 0 Å². The molecule has 0 atom stereocenters. The molecule has 3 aromatic rings. The molecule has 0 saturated carbocycles. The minimum absolute atomic E-state index is 0.130. The first-order chi connectivity index (χ1) is 12.7. The molecule has 1 aliphatic heterocycles. The standard InChI is InChI=1S/C20H16N2O4/c23-19-17-10-14(7-6-13(17)11-21-19)22-20(24)18-9-8-16(26-18)12-25-15-4-2-1-3-5-15/h1-10H,11-12H2,(H,21,23)(H,22,24). The molecule has 0 saturated heterocycles. The normalized spacial score (nSPS) is 12.4. The molecule has 0 aliphatic carbocycles. The van der Waals surface area contributed by atoms with Gasteiger partial charge >= 0.3 is 0 Å². The Morgan fingerprint density at radius 1 is 1.12 bits per heavy atom. The number of hydrogen-bond donors (Lipinski definition) is 2. The number of ether oxygens (including phenoxy) is 1. The number of anilines is 1. The molecule has 2 N–H and O–H groups in total. The first kappa shape index (κ1) is 16.0. The summed E-state index contributed by atoms with van der Waals surface area (Å²) in [6.07, 6.45) is 0. The summed E-state index contributed by atoms with van der Waals surface area (Å²) in [7, 11) is 0. The fraction of sp³-hybridized carbons (Fsp3) is 0.100. The average molecular weight is 348 g/mol. The minimum Gasteiger partial charge on any atom is -0.486 e. The summed E-state index contributed by atoms with van der Waals surface area (Å²) < 4.78 is 11.1. The largest absolute Gasteiger partial charge is 0.486 e. The van der Waals surface area contributed by atoms with Gasteiger partial charge < -0.3 is 19.8 Å². The fourth-order valence-electron chi connectivity index (χ4n) is 2.73. The smallest absolute Gasteiger partial charge is 0.291 e. The maximum atomic E-state index is 12.3. The Labute approximate surface area is 149 Å². The van der Waals surface area contributed by atoms with Gasteiger partial charge in [-0.25, -0.2) is 0 Å². The number of carbonyl (C=O) groups excluding carboxylic acids is 2. The van der Waals surface area contributed by atoms with Crippen LogP contribution in [0.2, 0.25) is 0 Å². The third-order valence-corrected chi connectivity index (χ3v) is 4.06. The summed E-state index contributed by atoms with van der Waals surface area (Å²) >= 11 is 0. The van der Waals surface area contributed by atoms with Crippen molar-refractivity contribution in [1.29, 1.82) is 0 Å². The molecule has 130 valence electrons. The molecule has 4 rings (SSSR count). The van der Waals surface area contributed by atoms with Gasteiger partial charge in [0, 0.05) is 17.8 Å². The van der Waals surface area contributed by atoms with E-state index < -0.39 is 0 Å². The van der Waals surface area contributed by atoms with Crippen LogP contribution in [0.3, 0.4) is 0 Å². The quantitative estimate of drug-likeness (QED) is 0.741. The number of hydrogen-bond acceptors (Lipinski definition) is 4. The van der Waals surface area contributed by atoms with Crippen molar-refractivity contribution in [3.05, 3.63) is 83.3 Å². The predicted molar refractivity (Wildman–Crippen MR) is 95.0 cm³/mol. The SMILES string of the molecule is O=C(Nc1ccc2c(c1)C(=O)NC2)c1ccc(COc2ccccc2)o1. The number of amides is 2. The molecule has 6 heteroatoms. The van der Waals surface area contributed by atoms with Crippen molar-refractivity contribution >= 4 is 17.5 Å². The Bertz CT molecular complexity index is 963. The van der Waals surface area contributed by atoms with Gasteiger partial charge in [-0.3, -0.25) is 9.59 Å². The first-order valence-electron chi connectivity index (χ1n) is 8.18. The van der Waals surface area contributed by atoms with Gasteiger partial charge in [0.1, 0.15) is 18.1 Å². The molecule has 2 aromatic carbocycles. The van der Waals surface area contributed by atoms with Crippen LogP contribution in [0, 0.1) is 0 Å². The summed E-state index contributed by atoms with van der Waals surface area (Å²) in [5.41, 5.74) is 2.05. The second-order valence-electron chi connectivity index (χ2n) is 5.88. The first-order valence-corrected chi connectivity index (χ1v) is 8.18. The Balaban J connectivity index is 1.40. The Kier molecular flexibility index (Phi) is 4.15. The zero-order valence-electron chi connectivity index (χ0n) is 13.8. The lowest BCUT2D eigenvalue weighted by Crippen LogP contribution is -2.13. The second-order valence-corrected chi connectivity index (χ2v) is 5.88. The summed E-state index contributed by atoms with van der Waals surface area (Å²) in [5.74, 6) is 0.948. The van der Waals surface area contributed by atoms with Crippen molar-refractivity contribution in [2.75, 3.05) is 5.32 Å². The van der Waals surface area contributed by atoms with E-state index in [-0.39, 0.29) is 24.2 Å². The molecule has 6 nitrogen and oxygen atoms in total. The molecular formula is C20H16N2O4. The third kappa shape index (κ3) is 3.30. The van der Waals surface area contributed by atoms with Crippen LogP contribution in [0.4, 0.5) is 5.69 Å². The highest BCUT2D eigenvalue weighted by Crippen LogP contribution is 2.21. The molecule has 0 unspecified atom stereocenters. The number of nitrogens with one attached hydrogen (secondary N) is 2. The van der Waals surface area contributed by atoms with E-state index in [1.54, 1.807) is 24.3 Å². The van der Waals surface area contributed by atoms with Gasteiger partial charge in [-0.2, -0.15) is 0 Å². The van der Waals surface area contributed by atoms with Crippen molar-refractivity contribution in [2.45, 2.75) is 13.2 Å². The maximum absolute atomic E-state index is 12.3. The molecule has 1 aromatic heterocycles. The van der Waals surface area contributed by atoms with Gasteiger partial charge in [0.05, 0.1) is 0 Å². The van der Waals surface area contributed by atoms with Crippen LogP contribution in [-0.2, 0) is 13.2 Å². The lowest BCUT2D eigenvalue weighted by molar-refractivity contribution is 0.0962. The Hall–Kier alpha value is -3.54. The van der Waals surface area contributed by atoms with E-state index in [1.807, 2.05) is 36.4 Å². The van der Waals surface area contributed by atoms with Crippen LogP contribution in [-0.4, -0.2) is 11.8 Å². The highest BCUT2D eigenvalue weighted by Gasteiger charge is 2.19. The van der Waals surface area contributed by atoms with E-state index in [2.05, 4.69) is 10.6 Å². The summed E-state index contributed by atoms with van der Waals surface area (Å²) in [6.45, 7) is 0.752. The van der Waals surface area contributed by atoms with Crippen LogP contribution in [0.1, 0.15) is 32.2 Å². The lowest BCUT2D eigenvalue weighted by atomic mass is 10.1. The van der Waals surface area contributed by atoms with Crippen LogP contribution in [0.5, 0.6) is 5.75 Å². The number of para-hydroxylation sites is 1. The molecule has 0 bridgehead atoms. The molecule has 0 fully saturated rings. The molecule has 26 heavy (non-hydrogen) atoms. The van der Waals surface area contributed by atoms with Crippen LogP contribution in [0.25, 0.3) is 0 Å². The Morgan fingerprint density at radius 3 is 2.81 bits per heavy atom. The molecule has 0 spiro atoms. The van der Waals surface area contributed by atoms with Crippen molar-refractivity contribution in [2.24, 2.45) is 0 Å². The Morgan fingerprint density at radius 2 is 1.96 bits per heavy atom. The van der Waals surface area contributed by atoms with Crippen molar-refractivity contribution in [3.63, 3.8) is 0 Å². The van der Waals surface area contributed by atoms with Gasteiger partial charge in [-0.05, 0) is 42.0 Å². The lowest BCUT2D eigenvalue weighted by Gasteiger charge is -2.05. The van der Waals surface area contributed by atoms with Crippen LogP contribution >= 0.6 is 0 Å². The zero-order valence-corrected chi connectivity index (χ0v) is 13.8. The highest BCUT2D eigenvalue weighted by molar-refractivity contribution is 6.04. The van der Waals surface area contributed by atoms with Crippen molar-refractivity contribution in [3.8, 4) is 5.75 Å². The van der Waals surface area contributed by atoms with E-state index in [1.165, 1.54) is 0 Å². The van der Waals surface area contributed by atoms with E-state index in [9.17, 15) is 9.59 Å². The topological polar surface area (TPSA) is 80.6 Å². The monoisotopic (exact) mass is 348 g/mol. The summed E-state index contributed by atoms with van der Waals surface area (Å²) in [4.78, 5) is 24.0. The number of benzene rings is 2. The second kappa shape index (κ2) is 6.76. The van der Waals surface area contributed by atoms with Gasteiger partial charge in [0.2, 0.25) is 0 Å². The van der Waals surface area contributed by atoms with Gasteiger partial charge in [-0.15, -0.1) is 0 Å². The zero-order chi connectivity index (χ0) is 17.9. The number of furan rings is 1. The number of rotatable bonds is 5. The van der Waals surface area contributed by atoms with Crippen molar-refractivity contribution in [1.82, 2.24) is 5.32 Å². The van der Waals surface area contributed by atoms with E-state index in [4.69, 9.17) is 9.15 Å². The van der Waals surface area contributed by atoms with E-state index in [0.717, 1.165) is 11.3 Å². The molecular weight excluding hydrogens is 332 g/mol. The van der Waals surface area contributed by atoms with Gasteiger partial charge in [0.25, 0.3) is 11.8 Å². The molecule has 0 radical (unpaired) electrons. The summed E-state index contributed by atoms with van der Waals surface area (Å²) in [6, 6.07) is 17.9. The van der Waals surface area contributed by atoms with E-state index in [0.29, 0.717) is 23.6 Å². The third-order valence-electron chi connectivity index (χ3n) is 4.06. The number of fused-ring (bicyclic) bond motifs is 1. The average Bonchev–Trinajstić information content (AvgIpc) is 3.28. The highest BCUT2D eigenvalue weighted by atomic mass is 16.5. The minimum atomic E-state index is -0.380. The molecule has 2 heterocycles. The molecule has 2 amide bonds. The maximum Gasteiger partial charge on any atom is 0.291 e. The summed E-state index contributed by atoms with van der Waals surface area (Å²) in [5, 5.41) is 5.49. The van der Waals surface area contributed by atoms with Gasteiger partial charge in [0.15, 0.2) is 5.76 Å². The van der Waals surface area contributed by atoms with Crippen LogP contribution in [0.15, 0.2) is 65.1 Å². The van der Waals surface area contributed by atoms with Gasteiger partial charge in [-0.1, -0.05) is 24.3 Å². The van der Waals surface area contributed by atoms with Crippen LogP contribution < -0.4 is 15.4 Å². The fourth-order valence-corrected chi connectivity index (χ4v) is 2.73. The number of carbonyl (C=O) groups is 2. The molecule has 1 aliphatic rings.